The highest BCUT2D eigenvalue weighted by Crippen LogP contribution is 2.13. The molecule has 0 rings (SSSR count). The normalized spacial score (nSPS) is 11.5. The smallest absolute Gasteiger partial charge is 0.00970 e. The zero-order chi connectivity index (χ0) is 18.0. The summed E-state index contributed by atoms with van der Waals surface area (Å²) in [7, 11) is 0. The van der Waals surface area contributed by atoms with Crippen LogP contribution >= 0.6 is 0 Å². The zero-order valence-corrected chi connectivity index (χ0v) is 17.4. The molecular weight excluding hydrogens is 280 g/mol. The number of hydrogen-bond donors (Lipinski definition) is 1. The quantitative estimate of drug-likeness (QED) is 0.375. The molecule has 0 aromatic carbocycles. The van der Waals surface area contributed by atoms with Crippen LogP contribution in [-0.2, 0) is 0 Å². The Kier molecular flexibility index (Phi) is 20.0. The molecule has 0 aliphatic rings. The van der Waals surface area contributed by atoms with Crippen molar-refractivity contribution in [1.82, 2.24) is 4.90 Å². The van der Waals surface area contributed by atoms with Gasteiger partial charge in [-0.25, -0.2) is 0 Å². The summed E-state index contributed by atoms with van der Waals surface area (Å²) >= 11 is 0. The summed E-state index contributed by atoms with van der Waals surface area (Å²) in [4.78, 5) is 2.54. The number of nitrogens with two attached hydrogens (primary N) is 1. The molecule has 0 spiro atoms. The standard InChI is InChI=1S/C12H27N.C9H21N/c1-4-5-6-7-8-9-10-11-12(2,3)13;1-4-7-10(8-5-2)9-6-3/h4-11,13H2,1-3H3;4-9H2,1-3H3. The van der Waals surface area contributed by atoms with E-state index in [0.29, 0.717) is 0 Å². The zero-order valence-electron chi connectivity index (χ0n) is 17.4. The summed E-state index contributed by atoms with van der Waals surface area (Å²) in [6.07, 6.45) is 14.7. The second-order valence-corrected chi connectivity index (χ2v) is 7.70. The third kappa shape index (κ3) is 24.3. The van der Waals surface area contributed by atoms with Gasteiger partial charge in [-0.2, -0.15) is 0 Å². The first-order valence-corrected chi connectivity index (χ1v) is 10.4. The molecule has 0 radical (unpaired) electrons. The minimum atomic E-state index is 0.0451. The second kappa shape index (κ2) is 18.3. The average Bonchev–Trinajstić information content (AvgIpc) is 2.47. The molecule has 2 heteroatoms. The number of nitrogens with zero attached hydrogens (tertiary/aromatic N) is 1. The Hall–Kier alpha value is -0.0800. The van der Waals surface area contributed by atoms with Crippen molar-refractivity contribution in [2.75, 3.05) is 19.6 Å². The van der Waals surface area contributed by atoms with E-state index in [1.54, 1.807) is 0 Å². The molecule has 2 nitrogen and oxygen atoms in total. The third-order valence-corrected chi connectivity index (χ3v) is 4.04. The van der Waals surface area contributed by atoms with Crippen LogP contribution in [0.2, 0.25) is 0 Å². The lowest BCUT2D eigenvalue weighted by Gasteiger charge is -2.19. The maximum atomic E-state index is 5.90. The number of hydrogen-bond acceptors (Lipinski definition) is 2. The fourth-order valence-corrected chi connectivity index (χ4v) is 2.82. The van der Waals surface area contributed by atoms with Gasteiger partial charge in [0.05, 0.1) is 0 Å². The van der Waals surface area contributed by atoms with Crippen LogP contribution < -0.4 is 5.73 Å². The van der Waals surface area contributed by atoms with Gasteiger partial charge in [0.25, 0.3) is 0 Å². The van der Waals surface area contributed by atoms with Crippen molar-refractivity contribution in [2.45, 2.75) is 118 Å². The highest BCUT2D eigenvalue weighted by molar-refractivity contribution is 4.70. The molecule has 0 aromatic heterocycles. The summed E-state index contributed by atoms with van der Waals surface area (Å²) < 4.78 is 0. The lowest BCUT2D eigenvalue weighted by molar-refractivity contribution is 0.275. The van der Waals surface area contributed by atoms with Gasteiger partial charge in [0, 0.05) is 5.54 Å². The maximum Gasteiger partial charge on any atom is 0.00970 e. The molecule has 2 N–H and O–H groups in total. The summed E-state index contributed by atoms with van der Waals surface area (Å²) in [6.45, 7) is 17.1. The van der Waals surface area contributed by atoms with E-state index in [4.69, 9.17) is 5.73 Å². The molecular formula is C21H48N2. The van der Waals surface area contributed by atoms with Crippen molar-refractivity contribution in [1.29, 1.82) is 0 Å². The summed E-state index contributed by atoms with van der Waals surface area (Å²) in [5.41, 5.74) is 5.94. The van der Waals surface area contributed by atoms with Crippen LogP contribution in [0.4, 0.5) is 0 Å². The highest BCUT2D eigenvalue weighted by atomic mass is 15.1. The minimum Gasteiger partial charge on any atom is -0.326 e. The van der Waals surface area contributed by atoms with Crippen LogP contribution in [0.25, 0.3) is 0 Å². The molecule has 0 aromatic rings. The summed E-state index contributed by atoms with van der Waals surface area (Å²) in [6, 6.07) is 0. The van der Waals surface area contributed by atoms with Crippen molar-refractivity contribution in [3.05, 3.63) is 0 Å². The van der Waals surface area contributed by atoms with Gasteiger partial charge < -0.3 is 10.6 Å². The van der Waals surface area contributed by atoms with E-state index in [-0.39, 0.29) is 5.54 Å². The Morgan fingerprint density at radius 2 is 1.00 bits per heavy atom. The topological polar surface area (TPSA) is 29.3 Å². The number of rotatable bonds is 14. The molecule has 0 aliphatic heterocycles. The predicted octanol–water partition coefficient (Wildman–Crippen LogP) is 6.38. The molecule has 23 heavy (non-hydrogen) atoms. The second-order valence-electron chi connectivity index (χ2n) is 7.70. The van der Waals surface area contributed by atoms with Crippen molar-refractivity contribution in [3.63, 3.8) is 0 Å². The third-order valence-electron chi connectivity index (χ3n) is 4.04. The van der Waals surface area contributed by atoms with E-state index in [0.717, 1.165) is 0 Å². The first kappa shape index (κ1) is 25.2. The molecule has 0 bridgehead atoms. The molecule has 0 saturated heterocycles. The Labute approximate surface area is 148 Å². The fraction of sp³-hybridized carbons (Fsp3) is 1.00. The van der Waals surface area contributed by atoms with Gasteiger partial charge >= 0.3 is 0 Å². The molecule has 0 atom stereocenters. The minimum absolute atomic E-state index is 0.0451. The molecule has 0 saturated carbocycles. The average molecular weight is 329 g/mol. The van der Waals surface area contributed by atoms with Gasteiger partial charge in [-0.05, 0) is 59.2 Å². The first-order chi connectivity index (χ1) is 10.9. The predicted molar refractivity (Wildman–Crippen MR) is 108 cm³/mol. The van der Waals surface area contributed by atoms with E-state index in [1.165, 1.54) is 90.3 Å². The molecule has 0 fully saturated rings. The molecule has 0 heterocycles. The van der Waals surface area contributed by atoms with E-state index in [9.17, 15) is 0 Å². The molecule has 0 aliphatic carbocycles. The lowest BCUT2D eigenvalue weighted by atomic mass is 9.97. The molecule has 0 amide bonds. The summed E-state index contributed by atoms with van der Waals surface area (Å²) in [5, 5.41) is 0. The van der Waals surface area contributed by atoms with Crippen molar-refractivity contribution >= 4 is 0 Å². The van der Waals surface area contributed by atoms with Crippen LogP contribution in [0.1, 0.15) is 112 Å². The first-order valence-electron chi connectivity index (χ1n) is 10.4. The van der Waals surface area contributed by atoms with E-state index in [2.05, 4.69) is 46.4 Å². The van der Waals surface area contributed by atoms with E-state index >= 15 is 0 Å². The Balaban J connectivity index is 0. The highest BCUT2D eigenvalue weighted by Gasteiger charge is 2.08. The van der Waals surface area contributed by atoms with E-state index < -0.39 is 0 Å². The maximum absolute atomic E-state index is 5.90. The van der Waals surface area contributed by atoms with Crippen LogP contribution in [0.3, 0.4) is 0 Å². The van der Waals surface area contributed by atoms with Crippen LogP contribution in [-0.4, -0.2) is 30.1 Å². The monoisotopic (exact) mass is 328 g/mol. The van der Waals surface area contributed by atoms with Gasteiger partial charge in [-0.3, -0.25) is 0 Å². The van der Waals surface area contributed by atoms with Gasteiger partial charge in [0.1, 0.15) is 0 Å². The molecule has 0 unspecified atom stereocenters. The lowest BCUT2D eigenvalue weighted by Crippen LogP contribution is -2.31. The van der Waals surface area contributed by atoms with Crippen LogP contribution in [0, 0.1) is 0 Å². The Bertz CT molecular complexity index is 194. The van der Waals surface area contributed by atoms with E-state index in [1.807, 2.05) is 0 Å². The van der Waals surface area contributed by atoms with Crippen molar-refractivity contribution in [2.24, 2.45) is 5.73 Å². The van der Waals surface area contributed by atoms with Crippen molar-refractivity contribution in [3.8, 4) is 0 Å². The van der Waals surface area contributed by atoms with Gasteiger partial charge in [0.15, 0.2) is 0 Å². The van der Waals surface area contributed by atoms with Crippen LogP contribution in [0.15, 0.2) is 0 Å². The SMILES string of the molecule is CCCCCCCCCC(C)(C)N.CCCN(CCC)CCC. The van der Waals surface area contributed by atoms with Gasteiger partial charge in [-0.15, -0.1) is 0 Å². The van der Waals surface area contributed by atoms with Crippen molar-refractivity contribution < 1.29 is 0 Å². The Morgan fingerprint density at radius 1 is 0.609 bits per heavy atom. The largest absolute Gasteiger partial charge is 0.326 e. The van der Waals surface area contributed by atoms with Gasteiger partial charge in [-0.1, -0.05) is 72.6 Å². The fourth-order valence-electron chi connectivity index (χ4n) is 2.82. The van der Waals surface area contributed by atoms with Crippen LogP contribution in [0.5, 0.6) is 0 Å². The summed E-state index contributed by atoms with van der Waals surface area (Å²) in [5.74, 6) is 0. The van der Waals surface area contributed by atoms with Gasteiger partial charge in [0.2, 0.25) is 0 Å². The Morgan fingerprint density at radius 3 is 1.35 bits per heavy atom. The molecule has 142 valence electrons. The number of unbranched alkanes of at least 4 members (excludes halogenated alkanes) is 6.